The van der Waals surface area contributed by atoms with E-state index in [0.29, 0.717) is 17.4 Å². The van der Waals surface area contributed by atoms with Gasteiger partial charge < -0.3 is 5.32 Å². The van der Waals surface area contributed by atoms with Crippen LogP contribution in [0, 0.1) is 11.8 Å². The minimum Gasteiger partial charge on any atom is -0.311 e. The summed E-state index contributed by atoms with van der Waals surface area (Å²) in [7, 11) is 0. The molecule has 2 aliphatic rings. The predicted octanol–water partition coefficient (Wildman–Crippen LogP) is 3.09. The highest BCUT2D eigenvalue weighted by atomic mass is 35.5. The van der Waals surface area contributed by atoms with Crippen molar-refractivity contribution in [2.75, 3.05) is 11.9 Å². The minimum absolute atomic E-state index is 0.0637. The third-order valence-corrected chi connectivity index (χ3v) is 6.13. The summed E-state index contributed by atoms with van der Waals surface area (Å²) in [6.45, 7) is 0.546. The maximum atomic E-state index is 12.5. The van der Waals surface area contributed by atoms with E-state index >= 15 is 0 Å². The predicted molar refractivity (Wildman–Crippen MR) is 108 cm³/mol. The number of anilines is 1. The van der Waals surface area contributed by atoms with Crippen LogP contribution in [-0.2, 0) is 20.9 Å². The molecule has 1 aromatic heterocycles. The number of imide groups is 1. The summed E-state index contributed by atoms with van der Waals surface area (Å²) < 4.78 is 1.65. The first-order valence-electron chi connectivity index (χ1n) is 9.95. The summed E-state index contributed by atoms with van der Waals surface area (Å²) in [5.41, 5.74) is 0.893. The largest absolute Gasteiger partial charge is 0.311 e. The van der Waals surface area contributed by atoms with Gasteiger partial charge in [-0.2, -0.15) is 5.10 Å². The van der Waals surface area contributed by atoms with Gasteiger partial charge in [-0.3, -0.25) is 19.3 Å². The van der Waals surface area contributed by atoms with Gasteiger partial charge in [0.1, 0.15) is 5.82 Å². The highest BCUT2D eigenvalue weighted by molar-refractivity contribution is 6.31. The third-order valence-electron chi connectivity index (χ3n) is 5.76. The number of nitrogens with one attached hydrogen (secondary N) is 1. The van der Waals surface area contributed by atoms with Crippen LogP contribution in [0.3, 0.4) is 0 Å². The number of carbonyl (C=O) groups is 3. The van der Waals surface area contributed by atoms with E-state index < -0.39 is 0 Å². The Bertz CT molecular complexity index is 918. The summed E-state index contributed by atoms with van der Waals surface area (Å²) in [5.74, 6) is -0.315. The molecule has 29 heavy (non-hydrogen) atoms. The minimum atomic E-state index is -0.263. The molecule has 2 fully saturated rings. The molecule has 8 heteroatoms. The number of likely N-dealkylation sites (tertiary alicyclic amines) is 1. The Morgan fingerprint density at radius 2 is 1.79 bits per heavy atom. The van der Waals surface area contributed by atoms with Gasteiger partial charge in [0, 0.05) is 24.1 Å². The molecule has 4 rings (SSSR count). The van der Waals surface area contributed by atoms with Crippen molar-refractivity contribution in [1.82, 2.24) is 14.7 Å². The average Bonchev–Trinajstić information content (AvgIpc) is 3.25. The summed E-state index contributed by atoms with van der Waals surface area (Å²) in [5, 5.41) is 7.69. The summed E-state index contributed by atoms with van der Waals surface area (Å²) in [4.78, 5) is 38.7. The van der Waals surface area contributed by atoms with Crippen LogP contribution in [-0.4, -0.2) is 38.9 Å². The Morgan fingerprint density at radius 1 is 1.10 bits per heavy atom. The molecule has 2 atom stereocenters. The van der Waals surface area contributed by atoms with Crippen LogP contribution in [0.2, 0.25) is 5.02 Å². The molecule has 2 heterocycles. The van der Waals surface area contributed by atoms with Crippen molar-refractivity contribution in [3.8, 4) is 0 Å². The standard InChI is InChI=1S/C21H23ClN4O3/c22-17-8-4-1-5-14(17)13-26-18(9-11-23-26)24-19(27)10-12-25-20(28)15-6-2-3-7-16(15)21(25)29/h1,4-5,8-9,11,15-16H,2-3,6-7,10,12-13H2,(H,24,27)/t15-,16-/m0/s1. The van der Waals surface area contributed by atoms with E-state index in [9.17, 15) is 14.4 Å². The lowest BCUT2D eigenvalue weighted by atomic mass is 9.81. The van der Waals surface area contributed by atoms with E-state index in [2.05, 4.69) is 10.4 Å². The van der Waals surface area contributed by atoms with Crippen LogP contribution >= 0.6 is 11.6 Å². The fraction of sp³-hybridized carbons (Fsp3) is 0.429. The molecule has 1 aliphatic carbocycles. The molecule has 0 radical (unpaired) electrons. The van der Waals surface area contributed by atoms with Crippen LogP contribution in [0.25, 0.3) is 0 Å². The number of nitrogens with zero attached hydrogens (tertiary/aromatic N) is 3. The van der Waals surface area contributed by atoms with Gasteiger partial charge in [-0.1, -0.05) is 42.6 Å². The molecular weight excluding hydrogens is 392 g/mol. The van der Waals surface area contributed by atoms with Gasteiger partial charge in [-0.05, 0) is 24.5 Å². The van der Waals surface area contributed by atoms with E-state index in [1.165, 1.54) is 4.90 Å². The van der Waals surface area contributed by atoms with Crippen LogP contribution in [0.4, 0.5) is 5.82 Å². The number of amides is 3. The second kappa shape index (κ2) is 8.37. The lowest BCUT2D eigenvalue weighted by Crippen LogP contribution is -2.34. The molecule has 2 aromatic rings. The smallest absolute Gasteiger partial charge is 0.233 e. The fourth-order valence-corrected chi connectivity index (χ4v) is 4.42. The van der Waals surface area contributed by atoms with Crippen LogP contribution in [0.15, 0.2) is 36.5 Å². The molecule has 1 saturated carbocycles. The Balaban J connectivity index is 1.35. The number of rotatable bonds is 6. The van der Waals surface area contributed by atoms with Crippen molar-refractivity contribution in [2.24, 2.45) is 11.8 Å². The van der Waals surface area contributed by atoms with Gasteiger partial charge in [0.15, 0.2) is 0 Å². The molecule has 0 unspecified atom stereocenters. The zero-order valence-corrected chi connectivity index (χ0v) is 16.8. The first kappa shape index (κ1) is 19.6. The van der Waals surface area contributed by atoms with Crippen molar-refractivity contribution in [3.05, 3.63) is 47.1 Å². The maximum absolute atomic E-state index is 12.5. The fourth-order valence-electron chi connectivity index (χ4n) is 4.22. The second-order valence-electron chi connectivity index (χ2n) is 7.59. The molecule has 1 aromatic carbocycles. The number of aromatic nitrogens is 2. The normalized spacial score (nSPS) is 21.3. The Kier molecular flexibility index (Phi) is 5.67. The Hall–Kier alpha value is -2.67. The number of carbonyl (C=O) groups excluding carboxylic acids is 3. The number of halogens is 1. The van der Waals surface area contributed by atoms with Gasteiger partial charge in [0.05, 0.1) is 24.6 Å². The number of hydrogen-bond acceptors (Lipinski definition) is 4. The van der Waals surface area contributed by atoms with E-state index in [1.54, 1.807) is 23.0 Å². The molecule has 0 bridgehead atoms. The van der Waals surface area contributed by atoms with Crippen molar-refractivity contribution in [1.29, 1.82) is 0 Å². The first-order valence-corrected chi connectivity index (χ1v) is 10.3. The number of fused-ring (bicyclic) bond motifs is 1. The van der Waals surface area contributed by atoms with Crippen molar-refractivity contribution < 1.29 is 14.4 Å². The van der Waals surface area contributed by atoms with Gasteiger partial charge >= 0.3 is 0 Å². The SMILES string of the molecule is O=C(CCN1C(=O)[C@H]2CCCC[C@@H]2C1=O)Nc1ccnn1Cc1ccccc1Cl. The van der Waals surface area contributed by atoms with Crippen LogP contribution in [0.5, 0.6) is 0 Å². The van der Waals surface area contributed by atoms with E-state index in [1.807, 2.05) is 18.2 Å². The topological polar surface area (TPSA) is 84.3 Å². The highest BCUT2D eigenvalue weighted by Crippen LogP contribution is 2.38. The lowest BCUT2D eigenvalue weighted by molar-refractivity contribution is -0.140. The van der Waals surface area contributed by atoms with E-state index in [-0.39, 0.29) is 42.5 Å². The van der Waals surface area contributed by atoms with Crippen molar-refractivity contribution in [3.63, 3.8) is 0 Å². The molecule has 1 saturated heterocycles. The molecular formula is C21H23ClN4O3. The maximum Gasteiger partial charge on any atom is 0.233 e. The summed E-state index contributed by atoms with van der Waals surface area (Å²) in [6, 6.07) is 9.16. The quantitative estimate of drug-likeness (QED) is 0.736. The summed E-state index contributed by atoms with van der Waals surface area (Å²) >= 11 is 6.20. The monoisotopic (exact) mass is 414 g/mol. The van der Waals surface area contributed by atoms with Gasteiger partial charge in [-0.15, -0.1) is 0 Å². The molecule has 3 amide bonds. The van der Waals surface area contributed by atoms with Crippen LogP contribution in [0.1, 0.15) is 37.7 Å². The molecule has 1 aliphatic heterocycles. The third kappa shape index (κ3) is 4.05. The van der Waals surface area contributed by atoms with Gasteiger partial charge in [0.25, 0.3) is 0 Å². The van der Waals surface area contributed by atoms with E-state index in [0.717, 1.165) is 31.2 Å². The molecule has 7 nitrogen and oxygen atoms in total. The first-order chi connectivity index (χ1) is 14.0. The van der Waals surface area contributed by atoms with Crippen molar-refractivity contribution >= 4 is 35.1 Å². The Morgan fingerprint density at radius 3 is 2.48 bits per heavy atom. The lowest BCUT2D eigenvalue weighted by Gasteiger charge is -2.19. The van der Waals surface area contributed by atoms with E-state index in [4.69, 9.17) is 11.6 Å². The summed E-state index contributed by atoms with van der Waals surface area (Å²) in [6.07, 6.45) is 5.20. The van der Waals surface area contributed by atoms with Gasteiger partial charge in [-0.25, -0.2) is 4.68 Å². The average molecular weight is 415 g/mol. The second-order valence-corrected chi connectivity index (χ2v) is 8.00. The van der Waals surface area contributed by atoms with Gasteiger partial charge in [0.2, 0.25) is 17.7 Å². The number of benzene rings is 1. The molecule has 0 spiro atoms. The zero-order valence-electron chi connectivity index (χ0n) is 16.0. The van der Waals surface area contributed by atoms with Crippen LogP contribution < -0.4 is 5.32 Å². The highest BCUT2D eigenvalue weighted by Gasteiger charge is 2.47. The Labute approximate surface area is 174 Å². The van der Waals surface area contributed by atoms with Crippen molar-refractivity contribution in [2.45, 2.75) is 38.6 Å². The molecule has 152 valence electrons. The number of hydrogen-bond donors (Lipinski definition) is 1. The zero-order chi connectivity index (χ0) is 20.4. The molecule has 1 N–H and O–H groups in total.